The Kier molecular flexibility index (Phi) is 5.71. The van der Waals surface area contributed by atoms with Crippen molar-refractivity contribution in [2.75, 3.05) is 0 Å². The molecule has 0 aliphatic carbocycles. The van der Waals surface area contributed by atoms with Crippen molar-refractivity contribution in [3.05, 3.63) is 69.1 Å². The van der Waals surface area contributed by atoms with Crippen LogP contribution in [0.2, 0.25) is 0 Å². The van der Waals surface area contributed by atoms with Gasteiger partial charge in [-0.15, -0.1) is 0 Å². The number of H-pyrrole nitrogens is 1. The molecule has 0 fully saturated rings. The van der Waals surface area contributed by atoms with E-state index in [0.29, 0.717) is 12.2 Å². The fourth-order valence-electron chi connectivity index (χ4n) is 2.29. The summed E-state index contributed by atoms with van der Waals surface area (Å²) in [6.45, 7) is 5.96. The Hall–Kier alpha value is -2.40. The number of carbonyl (C=O) groups excluding carboxylic acids is 1. The number of carbonyl (C=O) groups is 1. The summed E-state index contributed by atoms with van der Waals surface area (Å²) in [6, 6.07) is 11.6. The van der Waals surface area contributed by atoms with Gasteiger partial charge in [0, 0.05) is 17.8 Å². The minimum Gasteiger partial charge on any atom is -0.364 e. The number of aromatic amines is 1. The van der Waals surface area contributed by atoms with E-state index in [2.05, 4.69) is 10.3 Å². The lowest BCUT2D eigenvalue weighted by atomic mass is 10.1. The van der Waals surface area contributed by atoms with Gasteiger partial charge in [0.2, 0.25) is 5.91 Å². The molecule has 1 aromatic heterocycles. The Balaban J connectivity index is 1.88. The van der Waals surface area contributed by atoms with Crippen molar-refractivity contribution in [1.82, 2.24) is 10.3 Å². The minimum atomic E-state index is -0.583. The number of amides is 1. The first-order chi connectivity index (χ1) is 11.0. The van der Waals surface area contributed by atoms with E-state index < -0.39 is 6.10 Å². The zero-order chi connectivity index (χ0) is 16.8. The summed E-state index contributed by atoms with van der Waals surface area (Å²) >= 11 is 0. The monoisotopic (exact) mass is 314 g/mol. The normalized spacial score (nSPS) is 12.0. The van der Waals surface area contributed by atoms with E-state index in [1.807, 2.05) is 50.2 Å². The minimum absolute atomic E-state index is 0.166. The third-order valence-corrected chi connectivity index (χ3v) is 3.65. The number of hydrogen-bond acceptors (Lipinski definition) is 3. The lowest BCUT2D eigenvalue weighted by Crippen LogP contribution is -2.35. The third-order valence-electron chi connectivity index (χ3n) is 3.65. The Morgan fingerprint density at radius 3 is 2.61 bits per heavy atom. The predicted molar refractivity (Wildman–Crippen MR) is 89.1 cm³/mol. The maximum Gasteiger partial charge on any atom is 0.253 e. The Labute approximate surface area is 135 Å². The van der Waals surface area contributed by atoms with Gasteiger partial charge in [-0.3, -0.25) is 9.59 Å². The number of benzene rings is 1. The SMILES string of the molecule is Cc1cc(C)c(CNC(=O)[C@@H](C)OCc2ccccc2)c(=O)[nH]1. The lowest BCUT2D eigenvalue weighted by molar-refractivity contribution is -0.132. The molecule has 2 aromatic rings. The quantitative estimate of drug-likeness (QED) is 0.859. The number of pyridine rings is 1. The molecule has 0 radical (unpaired) electrons. The van der Waals surface area contributed by atoms with Crippen molar-refractivity contribution in [2.45, 2.75) is 40.0 Å². The van der Waals surface area contributed by atoms with E-state index in [0.717, 1.165) is 16.8 Å². The first-order valence-electron chi connectivity index (χ1n) is 7.60. The van der Waals surface area contributed by atoms with Crippen LogP contribution >= 0.6 is 0 Å². The summed E-state index contributed by atoms with van der Waals surface area (Å²) in [5, 5.41) is 2.75. The smallest absolute Gasteiger partial charge is 0.253 e. The molecule has 1 aromatic carbocycles. The second-order valence-electron chi connectivity index (χ2n) is 5.60. The first-order valence-corrected chi connectivity index (χ1v) is 7.60. The van der Waals surface area contributed by atoms with Crippen molar-refractivity contribution in [3.63, 3.8) is 0 Å². The highest BCUT2D eigenvalue weighted by molar-refractivity contribution is 5.80. The van der Waals surface area contributed by atoms with Crippen molar-refractivity contribution in [1.29, 1.82) is 0 Å². The largest absolute Gasteiger partial charge is 0.364 e. The van der Waals surface area contributed by atoms with Crippen LogP contribution in [0.25, 0.3) is 0 Å². The molecular weight excluding hydrogens is 292 g/mol. The molecule has 2 rings (SSSR count). The zero-order valence-corrected chi connectivity index (χ0v) is 13.7. The molecule has 0 aliphatic heterocycles. The van der Waals surface area contributed by atoms with Crippen LogP contribution in [0.5, 0.6) is 0 Å². The molecule has 0 spiro atoms. The Morgan fingerprint density at radius 2 is 1.96 bits per heavy atom. The number of rotatable bonds is 6. The molecule has 0 aliphatic rings. The van der Waals surface area contributed by atoms with E-state index in [-0.39, 0.29) is 18.0 Å². The van der Waals surface area contributed by atoms with Gasteiger partial charge in [-0.05, 0) is 38.0 Å². The summed E-state index contributed by atoms with van der Waals surface area (Å²) in [6.07, 6.45) is -0.583. The van der Waals surface area contributed by atoms with Crippen LogP contribution in [0.15, 0.2) is 41.2 Å². The standard InChI is InChI=1S/C18H22N2O3/c1-12-9-13(2)20-18(22)16(12)10-19-17(21)14(3)23-11-15-7-5-4-6-8-15/h4-9,14H,10-11H2,1-3H3,(H,19,21)(H,20,22)/t14-/m1/s1. The van der Waals surface area contributed by atoms with Gasteiger partial charge < -0.3 is 15.0 Å². The summed E-state index contributed by atoms with van der Waals surface area (Å²) in [7, 11) is 0. The van der Waals surface area contributed by atoms with Crippen LogP contribution in [-0.2, 0) is 22.7 Å². The van der Waals surface area contributed by atoms with Crippen molar-refractivity contribution in [2.24, 2.45) is 0 Å². The van der Waals surface area contributed by atoms with Crippen molar-refractivity contribution >= 4 is 5.91 Å². The second-order valence-corrected chi connectivity index (χ2v) is 5.60. The highest BCUT2D eigenvalue weighted by atomic mass is 16.5. The molecule has 23 heavy (non-hydrogen) atoms. The average molecular weight is 314 g/mol. The van der Waals surface area contributed by atoms with Crippen molar-refractivity contribution < 1.29 is 9.53 Å². The van der Waals surface area contributed by atoms with E-state index >= 15 is 0 Å². The molecule has 0 saturated carbocycles. The van der Waals surface area contributed by atoms with Gasteiger partial charge in [-0.1, -0.05) is 30.3 Å². The molecule has 0 unspecified atom stereocenters. The number of hydrogen-bond donors (Lipinski definition) is 2. The Morgan fingerprint density at radius 1 is 1.26 bits per heavy atom. The van der Waals surface area contributed by atoms with Gasteiger partial charge in [0.15, 0.2) is 0 Å². The van der Waals surface area contributed by atoms with Crippen LogP contribution < -0.4 is 10.9 Å². The van der Waals surface area contributed by atoms with Gasteiger partial charge in [0.1, 0.15) is 6.10 Å². The van der Waals surface area contributed by atoms with E-state index in [1.165, 1.54) is 0 Å². The van der Waals surface area contributed by atoms with E-state index in [1.54, 1.807) is 6.92 Å². The van der Waals surface area contributed by atoms with Crippen molar-refractivity contribution in [3.8, 4) is 0 Å². The van der Waals surface area contributed by atoms with Gasteiger partial charge >= 0.3 is 0 Å². The topological polar surface area (TPSA) is 71.2 Å². The second kappa shape index (κ2) is 7.74. The fourth-order valence-corrected chi connectivity index (χ4v) is 2.29. The molecule has 0 bridgehead atoms. The van der Waals surface area contributed by atoms with Gasteiger partial charge in [0.05, 0.1) is 6.61 Å². The van der Waals surface area contributed by atoms with Crippen LogP contribution in [0, 0.1) is 13.8 Å². The van der Waals surface area contributed by atoms with Gasteiger partial charge in [-0.2, -0.15) is 0 Å². The summed E-state index contributed by atoms with van der Waals surface area (Å²) in [5.41, 5.74) is 3.09. The zero-order valence-electron chi connectivity index (χ0n) is 13.7. The van der Waals surface area contributed by atoms with Gasteiger partial charge in [0.25, 0.3) is 5.56 Å². The number of aryl methyl sites for hydroxylation is 2. The number of aromatic nitrogens is 1. The summed E-state index contributed by atoms with van der Waals surface area (Å²) in [4.78, 5) is 26.7. The maximum absolute atomic E-state index is 12.1. The molecule has 5 heteroatoms. The highest BCUT2D eigenvalue weighted by Crippen LogP contribution is 2.05. The fraction of sp³-hybridized carbons (Fsp3) is 0.333. The predicted octanol–water partition coefficient (Wildman–Crippen LogP) is 2.21. The molecule has 1 heterocycles. The molecular formula is C18H22N2O3. The summed E-state index contributed by atoms with van der Waals surface area (Å²) in [5.74, 6) is -0.236. The molecule has 1 amide bonds. The summed E-state index contributed by atoms with van der Waals surface area (Å²) < 4.78 is 5.56. The lowest BCUT2D eigenvalue weighted by Gasteiger charge is -2.14. The average Bonchev–Trinajstić information content (AvgIpc) is 2.52. The molecule has 122 valence electrons. The molecule has 5 nitrogen and oxygen atoms in total. The van der Waals surface area contributed by atoms with Gasteiger partial charge in [-0.25, -0.2) is 0 Å². The molecule has 2 N–H and O–H groups in total. The maximum atomic E-state index is 12.1. The number of ether oxygens (including phenoxy) is 1. The molecule has 1 atom stereocenters. The van der Waals surface area contributed by atoms with Crippen LogP contribution in [0.1, 0.15) is 29.3 Å². The molecule has 0 saturated heterocycles. The first kappa shape index (κ1) is 17.0. The highest BCUT2D eigenvalue weighted by Gasteiger charge is 2.14. The third kappa shape index (κ3) is 4.79. The number of nitrogens with one attached hydrogen (secondary N) is 2. The Bertz CT molecular complexity index is 723. The van der Waals surface area contributed by atoms with Crippen LogP contribution in [-0.4, -0.2) is 17.0 Å². The van der Waals surface area contributed by atoms with E-state index in [4.69, 9.17) is 4.74 Å². The van der Waals surface area contributed by atoms with E-state index in [9.17, 15) is 9.59 Å². The van der Waals surface area contributed by atoms with Crippen LogP contribution in [0.3, 0.4) is 0 Å². The van der Waals surface area contributed by atoms with Crippen LogP contribution in [0.4, 0.5) is 0 Å².